The summed E-state index contributed by atoms with van der Waals surface area (Å²) < 4.78 is 5.27. The maximum Gasteiger partial charge on any atom is 0.224 e. The van der Waals surface area contributed by atoms with Crippen molar-refractivity contribution in [1.82, 2.24) is 4.90 Å². The lowest BCUT2D eigenvalue weighted by Gasteiger charge is -2.31. The fourth-order valence-corrected chi connectivity index (χ4v) is 2.87. The van der Waals surface area contributed by atoms with Crippen molar-refractivity contribution in [3.63, 3.8) is 0 Å². The zero-order valence-corrected chi connectivity index (χ0v) is 13.4. The van der Waals surface area contributed by atoms with Crippen LogP contribution in [-0.4, -0.2) is 37.6 Å². The molecule has 0 radical (unpaired) electrons. The van der Waals surface area contributed by atoms with Gasteiger partial charge in [0.1, 0.15) is 5.75 Å². The third-order valence-electron chi connectivity index (χ3n) is 3.83. The van der Waals surface area contributed by atoms with Crippen LogP contribution in [0, 0.1) is 5.92 Å². The van der Waals surface area contributed by atoms with Crippen LogP contribution in [-0.2, 0) is 4.79 Å². The second-order valence-electron chi connectivity index (χ2n) is 5.61. The van der Waals surface area contributed by atoms with Gasteiger partial charge in [0.2, 0.25) is 5.91 Å². The minimum absolute atomic E-state index is 0.218. The molecule has 1 aromatic carbocycles. The van der Waals surface area contributed by atoms with Crippen molar-refractivity contribution in [2.45, 2.75) is 26.2 Å². The van der Waals surface area contributed by atoms with Crippen molar-refractivity contribution >= 4 is 23.2 Å². The molecule has 1 fully saturated rings. The second kappa shape index (κ2) is 7.55. The Kier molecular flexibility index (Phi) is 5.74. The third-order valence-corrected chi connectivity index (χ3v) is 4.06. The molecule has 1 saturated heterocycles. The van der Waals surface area contributed by atoms with Crippen LogP contribution in [0.25, 0.3) is 0 Å². The van der Waals surface area contributed by atoms with E-state index in [0.29, 0.717) is 23.9 Å². The number of hydrogen-bond acceptors (Lipinski definition) is 3. The van der Waals surface area contributed by atoms with Crippen molar-refractivity contribution in [3.05, 3.63) is 23.2 Å². The van der Waals surface area contributed by atoms with E-state index in [9.17, 15) is 4.79 Å². The van der Waals surface area contributed by atoms with E-state index in [-0.39, 0.29) is 5.91 Å². The van der Waals surface area contributed by atoms with Gasteiger partial charge in [0, 0.05) is 31.1 Å². The summed E-state index contributed by atoms with van der Waals surface area (Å²) in [4.78, 5) is 14.2. The number of hydrogen-bond donors (Lipinski definition) is 1. The predicted molar refractivity (Wildman–Crippen MR) is 86.1 cm³/mol. The Balaban J connectivity index is 1.83. The van der Waals surface area contributed by atoms with Gasteiger partial charge in [0.15, 0.2) is 0 Å². The number of rotatable bonds is 5. The summed E-state index contributed by atoms with van der Waals surface area (Å²) in [7, 11) is 1.62. The van der Waals surface area contributed by atoms with Gasteiger partial charge in [-0.15, -0.1) is 0 Å². The van der Waals surface area contributed by atoms with E-state index >= 15 is 0 Å². The lowest BCUT2D eigenvalue weighted by atomic mass is 10.00. The van der Waals surface area contributed by atoms with Crippen LogP contribution in [0.5, 0.6) is 5.75 Å². The van der Waals surface area contributed by atoms with Crippen LogP contribution >= 0.6 is 11.6 Å². The van der Waals surface area contributed by atoms with E-state index < -0.39 is 0 Å². The molecule has 1 aromatic rings. The number of piperidine rings is 1. The molecule has 1 amide bonds. The molecule has 1 aliphatic rings. The summed E-state index contributed by atoms with van der Waals surface area (Å²) in [5.41, 5.74) is 0.824. The number of nitrogens with one attached hydrogen (secondary N) is 1. The fraction of sp³-hybridized carbons (Fsp3) is 0.562. The molecule has 1 unspecified atom stereocenters. The molecule has 1 atom stereocenters. The van der Waals surface area contributed by atoms with Crippen molar-refractivity contribution in [3.8, 4) is 5.75 Å². The molecule has 5 heteroatoms. The highest BCUT2D eigenvalue weighted by atomic mass is 35.5. The van der Waals surface area contributed by atoms with E-state index in [0.717, 1.165) is 30.9 Å². The Morgan fingerprint density at radius 3 is 3.05 bits per heavy atom. The minimum atomic E-state index is 0.218. The van der Waals surface area contributed by atoms with Gasteiger partial charge in [-0.05, 0) is 37.0 Å². The largest absolute Gasteiger partial charge is 0.495 e. The maximum atomic E-state index is 12.2. The molecular weight excluding hydrogens is 288 g/mol. The summed E-state index contributed by atoms with van der Waals surface area (Å²) >= 11 is 5.98. The molecule has 4 nitrogen and oxygen atoms in total. The number of benzene rings is 1. The van der Waals surface area contributed by atoms with Gasteiger partial charge in [0.25, 0.3) is 0 Å². The van der Waals surface area contributed by atoms with Gasteiger partial charge >= 0.3 is 0 Å². The summed E-state index contributed by atoms with van der Waals surface area (Å²) in [5, 5.41) is 3.88. The summed E-state index contributed by atoms with van der Waals surface area (Å²) in [6.07, 6.45) is 2.83. The lowest BCUT2D eigenvalue weighted by molar-refractivity contribution is -0.132. The average molecular weight is 311 g/mol. The lowest BCUT2D eigenvalue weighted by Crippen LogP contribution is -2.39. The number of halogens is 1. The quantitative estimate of drug-likeness (QED) is 0.906. The zero-order valence-electron chi connectivity index (χ0n) is 12.7. The zero-order chi connectivity index (χ0) is 15.2. The van der Waals surface area contributed by atoms with Gasteiger partial charge in [-0.3, -0.25) is 4.79 Å². The van der Waals surface area contributed by atoms with Crippen molar-refractivity contribution in [2.75, 3.05) is 32.1 Å². The third kappa shape index (κ3) is 4.53. The number of anilines is 1. The second-order valence-corrected chi connectivity index (χ2v) is 6.04. The number of amides is 1. The maximum absolute atomic E-state index is 12.2. The number of carbonyl (C=O) groups excluding carboxylic acids is 1. The van der Waals surface area contributed by atoms with Crippen LogP contribution in [0.1, 0.15) is 26.2 Å². The highest BCUT2D eigenvalue weighted by molar-refractivity contribution is 6.30. The number of carbonyl (C=O) groups is 1. The van der Waals surface area contributed by atoms with Gasteiger partial charge in [0.05, 0.1) is 12.8 Å². The van der Waals surface area contributed by atoms with Crippen LogP contribution in [0.4, 0.5) is 5.69 Å². The molecule has 21 heavy (non-hydrogen) atoms. The Bertz CT molecular complexity index is 493. The summed E-state index contributed by atoms with van der Waals surface area (Å²) in [6, 6.07) is 5.42. The molecule has 0 bridgehead atoms. The van der Waals surface area contributed by atoms with Crippen molar-refractivity contribution in [1.29, 1.82) is 0 Å². The molecule has 1 N–H and O–H groups in total. The molecule has 1 aliphatic heterocycles. The standard InChI is InChI=1S/C16H23ClN2O2/c1-12-4-3-9-19(11-12)16(20)7-8-18-14-10-13(17)5-6-15(14)21-2/h5-6,10,12,18H,3-4,7-9,11H2,1-2H3. The summed E-state index contributed by atoms with van der Waals surface area (Å²) in [6.45, 7) is 4.57. The fourth-order valence-electron chi connectivity index (χ4n) is 2.70. The molecule has 1 heterocycles. The first-order valence-electron chi connectivity index (χ1n) is 7.45. The van der Waals surface area contributed by atoms with Crippen molar-refractivity contribution in [2.24, 2.45) is 5.92 Å². The molecule has 116 valence electrons. The Hall–Kier alpha value is -1.42. The number of ether oxygens (including phenoxy) is 1. The van der Waals surface area contributed by atoms with Crippen LogP contribution in [0.2, 0.25) is 5.02 Å². The molecule has 0 spiro atoms. The summed E-state index contributed by atoms with van der Waals surface area (Å²) in [5.74, 6) is 1.57. The number of likely N-dealkylation sites (tertiary alicyclic amines) is 1. The van der Waals surface area contributed by atoms with E-state index in [2.05, 4.69) is 12.2 Å². The molecule has 0 aliphatic carbocycles. The smallest absolute Gasteiger partial charge is 0.224 e. The van der Waals surface area contributed by atoms with Gasteiger partial charge < -0.3 is 15.0 Å². The average Bonchev–Trinajstić information content (AvgIpc) is 2.47. The van der Waals surface area contributed by atoms with Crippen molar-refractivity contribution < 1.29 is 9.53 Å². The van der Waals surface area contributed by atoms with E-state index in [1.54, 1.807) is 13.2 Å². The van der Waals surface area contributed by atoms with E-state index in [1.807, 2.05) is 17.0 Å². The Labute approximate surface area is 131 Å². The minimum Gasteiger partial charge on any atom is -0.495 e. The molecule has 0 saturated carbocycles. The molecule has 0 aromatic heterocycles. The predicted octanol–water partition coefficient (Wildman–Crippen LogP) is 3.41. The SMILES string of the molecule is COc1ccc(Cl)cc1NCCC(=O)N1CCCC(C)C1. The first-order chi connectivity index (χ1) is 10.1. The highest BCUT2D eigenvalue weighted by Crippen LogP contribution is 2.27. The molecule has 2 rings (SSSR count). The Morgan fingerprint density at radius 1 is 1.52 bits per heavy atom. The first kappa shape index (κ1) is 16.0. The van der Waals surface area contributed by atoms with Gasteiger partial charge in [-0.2, -0.15) is 0 Å². The monoisotopic (exact) mass is 310 g/mol. The number of methoxy groups -OCH3 is 1. The normalized spacial score (nSPS) is 18.4. The highest BCUT2D eigenvalue weighted by Gasteiger charge is 2.20. The van der Waals surface area contributed by atoms with Crippen LogP contribution in [0.15, 0.2) is 18.2 Å². The van der Waals surface area contributed by atoms with Crippen LogP contribution in [0.3, 0.4) is 0 Å². The molecular formula is C16H23ClN2O2. The van der Waals surface area contributed by atoms with Gasteiger partial charge in [-0.1, -0.05) is 18.5 Å². The number of nitrogens with zero attached hydrogens (tertiary/aromatic N) is 1. The topological polar surface area (TPSA) is 41.6 Å². The van der Waals surface area contributed by atoms with E-state index in [1.165, 1.54) is 6.42 Å². The van der Waals surface area contributed by atoms with Crippen LogP contribution < -0.4 is 10.1 Å². The van der Waals surface area contributed by atoms with Gasteiger partial charge in [-0.25, -0.2) is 0 Å². The Morgan fingerprint density at radius 2 is 2.33 bits per heavy atom. The van der Waals surface area contributed by atoms with E-state index in [4.69, 9.17) is 16.3 Å². The first-order valence-corrected chi connectivity index (χ1v) is 7.83.